The van der Waals surface area contributed by atoms with Crippen molar-refractivity contribution in [2.45, 2.75) is 11.4 Å². The summed E-state index contributed by atoms with van der Waals surface area (Å²) in [6.07, 6.45) is 0. The van der Waals surface area contributed by atoms with Gasteiger partial charge in [-0.3, -0.25) is 9.52 Å². The van der Waals surface area contributed by atoms with Crippen molar-refractivity contribution in [3.8, 4) is 0 Å². The molecule has 0 aliphatic rings. The zero-order valence-electron chi connectivity index (χ0n) is 9.38. The van der Waals surface area contributed by atoms with E-state index in [1.165, 1.54) is 29.5 Å². The van der Waals surface area contributed by atoms with Gasteiger partial charge in [-0.25, -0.2) is 13.5 Å². The molecule has 0 radical (unpaired) electrons. The molecule has 0 spiro atoms. The Bertz CT molecular complexity index is 733. The molecule has 7 nitrogen and oxygen atoms in total. The number of hydrogen-bond donors (Lipinski definition) is 3. The molecule has 0 aliphatic carbocycles. The molecule has 0 amide bonds. The number of H-pyrrole nitrogens is 1. The second-order valence-corrected chi connectivity index (χ2v) is 7.57. The van der Waals surface area contributed by atoms with E-state index in [1.54, 1.807) is 0 Å². The highest BCUT2D eigenvalue weighted by Gasteiger charge is 2.21. The van der Waals surface area contributed by atoms with Crippen molar-refractivity contribution in [1.29, 1.82) is 0 Å². The van der Waals surface area contributed by atoms with E-state index in [4.69, 9.17) is 5.73 Å². The third-order valence-corrected chi connectivity index (χ3v) is 5.74. The van der Waals surface area contributed by atoms with Crippen LogP contribution in [0.15, 0.2) is 31.7 Å². The second kappa shape index (κ2) is 5.41. The van der Waals surface area contributed by atoms with E-state index in [9.17, 15) is 13.2 Å². The first-order chi connectivity index (χ1) is 8.92. The number of thiophene rings is 1. The fraction of sp³-hybridized carbons (Fsp3) is 0.111. The molecule has 4 N–H and O–H groups in total. The topological polar surface area (TPSA) is 118 Å². The minimum Gasteiger partial charge on any atom is -0.326 e. The first kappa shape index (κ1) is 14.2. The van der Waals surface area contributed by atoms with E-state index >= 15 is 0 Å². The predicted molar refractivity (Wildman–Crippen MR) is 75.6 cm³/mol. The average Bonchev–Trinajstić information content (AvgIpc) is 2.74. The normalized spacial score (nSPS) is 11.5. The molecule has 102 valence electrons. The molecular formula is C9H9BrN4O3S2. The number of hydrogen-bond acceptors (Lipinski definition) is 6. The van der Waals surface area contributed by atoms with Crippen molar-refractivity contribution >= 4 is 43.1 Å². The van der Waals surface area contributed by atoms with Crippen LogP contribution in [0.4, 0.5) is 5.82 Å². The third-order valence-electron chi connectivity index (χ3n) is 2.12. The number of aromatic nitrogens is 2. The van der Waals surface area contributed by atoms with Crippen LogP contribution in [0.5, 0.6) is 0 Å². The maximum absolute atomic E-state index is 12.1. The highest BCUT2D eigenvalue weighted by molar-refractivity contribution is 9.11. The molecule has 2 heterocycles. The number of nitrogens with one attached hydrogen (secondary N) is 2. The highest BCUT2D eigenvalue weighted by atomic mass is 79.9. The number of halogens is 1. The van der Waals surface area contributed by atoms with Gasteiger partial charge >= 0.3 is 0 Å². The van der Waals surface area contributed by atoms with Gasteiger partial charge in [-0.05, 0) is 28.1 Å². The minimum atomic E-state index is -3.77. The van der Waals surface area contributed by atoms with Gasteiger partial charge in [0.2, 0.25) is 0 Å². The molecule has 0 fully saturated rings. The first-order valence-corrected chi connectivity index (χ1v) is 8.08. The molecule has 0 atom stereocenters. The fourth-order valence-corrected chi connectivity index (χ4v) is 4.84. The number of nitrogens with two attached hydrogens (primary N) is 1. The van der Waals surface area contributed by atoms with Crippen molar-refractivity contribution in [3.05, 3.63) is 37.2 Å². The Morgan fingerprint density at radius 3 is 2.74 bits per heavy atom. The second-order valence-electron chi connectivity index (χ2n) is 3.47. The molecule has 0 saturated heterocycles. The van der Waals surface area contributed by atoms with E-state index in [0.29, 0.717) is 3.79 Å². The van der Waals surface area contributed by atoms with E-state index in [0.717, 1.165) is 4.88 Å². The lowest BCUT2D eigenvalue weighted by molar-refractivity contribution is 0.601. The summed E-state index contributed by atoms with van der Waals surface area (Å²) in [6.45, 7) is 0.260. The summed E-state index contributed by atoms with van der Waals surface area (Å²) in [4.78, 5) is 11.7. The summed E-state index contributed by atoms with van der Waals surface area (Å²) in [5.41, 5.74) is 5.05. The molecule has 0 bridgehead atoms. The molecule has 0 aromatic carbocycles. The molecule has 0 saturated carbocycles. The van der Waals surface area contributed by atoms with Gasteiger partial charge in [0, 0.05) is 17.5 Å². The molecule has 2 aromatic rings. The van der Waals surface area contributed by atoms with Gasteiger partial charge in [0.05, 0.1) is 3.79 Å². The standard InChI is InChI=1S/C9H9BrN4O3S2/c10-9-6(3-5(4-11)18-9)19(16,17)14-7-1-2-8(15)13-12-7/h1-3H,4,11H2,(H,12,14)(H,13,15). The van der Waals surface area contributed by atoms with Crippen LogP contribution in [0.25, 0.3) is 0 Å². The number of rotatable bonds is 4. The lowest BCUT2D eigenvalue weighted by Gasteiger charge is -2.05. The quantitative estimate of drug-likeness (QED) is 0.743. The number of anilines is 1. The Morgan fingerprint density at radius 2 is 2.21 bits per heavy atom. The van der Waals surface area contributed by atoms with Crippen molar-refractivity contribution in [1.82, 2.24) is 10.2 Å². The van der Waals surface area contributed by atoms with Gasteiger partial charge in [-0.1, -0.05) is 0 Å². The van der Waals surface area contributed by atoms with Gasteiger partial charge < -0.3 is 5.73 Å². The van der Waals surface area contributed by atoms with Crippen molar-refractivity contribution < 1.29 is 8.42 Å². The molecule has 2 rings (SSSR count). The summed E-state index contributed by atoms with van der Waals surface area (Å²) < 4.78 is 27.0. The third kappa shape index (κ3) is 3.21. The van der Waals surface area contributed by atoms with Crippen LogP contribution in [0, 0.1) is 0 Å². The summed E-state index contributed by atoms with van der Waals surface area (Å²) in [5, 5.41) is 5.72. The van der Waals surface area contributed by atoms with Crippen molar-refractivity contribution in [2.24, 2.45) is 5.73 Å². The van der Waals surface area contributed by atoms with Crippen molar-refractivity contribution in [2.75, 3.05) is 4.72 Å². The van der Waals surface area contributed by atoms with E-state index in [1.807, 2.05) is 0 Å². The van der Waals surface area contributed by atoms with Gasteiger partial charge in [0.15, 0.2) is 5.82 Å². The number of aromatic amines is 1. The predicted octanol–water partition coefficient (Wildman–Crippen LogP) is 0.853. The van der Waals surface area contributed by atoms with Gasteiger partial charge in [-0.2, -0.15) is 5.10 Å². The summed E-state index contributed by atoms with van der Waals surface area (Å²) in [6, 6.07) is 3.95. The molecule has 2 aromatic heterocycles. The van der Waals surface area contributed by atoms with Crippen LogP contribution in [0.1, 0.15) is 4.88 Å². The van der Waals surface area contributed by atoms with Crippen LogP contribution in [0.2, 0.25) is 0 Å². The molecule has 19 heavy (non-hydrogen) atoms. The summed E-state index contributed by atoms with van der Waals surface area (Å²) >= 11 is 4.43. The lowest BCUT2D eigenvalue weighted by Crippen LogP contribution is -2.16. The Labute approximate surface area is 121 Å². The van der Waals surface area contributed by atoms with Crippen LogP contribution in [-0.4, -0.2) is 18.6 Å². The van der Waals surface area contributed by atoms with Crippen molar-refractivity contribution in [3.63, 3.8) is 0 Å². The smallest absolute Gasteiger partial charge is 0.265 e. The Morgan fingerprint density at radius 1 is 1.47 bits per heavy atom. The minimum absolute atomic E-state index is 0.0343. The molecule has 0 aliphatic heterocycles. The lowest BCUT2D eigenvalue weighted by atomic mass is 10.5. The Kier molecular flexibility index (Phi) is 4.04. The van der Waals surface area contributed by atoms with Crippen LogP contribution >= 0.6 is 27.3 Å². The zero-order valence-corrected chi connectivity index (χ0v) is 12.6. The number of nitrogens with zero attached hydrogens (tertiary/aromatic N) is 1. The van der Waals surface area contributed by atoms with Crippen LogP contribution < -0.4 is 16.0 Å². The van der Waals surface area contributed by atoms with Crippen LogP contribution in [0.3, 0.4) is 0 Å². The highest BCUT2D eigenvalue weighted by Crippen LogP contribution is 2.32. The molecular weight excluding hydrogens is 356 g/mol. The van der Waals surface area contributed by atoms with E-state index in [2.05, 4.69) is 30.8 Å². The monoisotopic (exact) mass is 364 g/mol. The number of sulfonamides is 1. The van der Waals surface area contributed by atoms with E-state index in [-0.39, 0.29) is 17.3 Å². The van der Waals surface area contributed by atoms with Gasteiger partial charge in [0.1, 0.15) is 4.90 Å². The van der Waals surface area contributed by atoms with Gasteiger partial charge in [0.25, 0.3) is 15.6 Å². The molecule has 0 unspecified atom stereocenters. The summed E-state index contributed by atoms with van der Waals surface area (Å²) in [7, 11) is -3.77. The van der Waals surface area contributed by atoms with E-state index < -0.39 is 15.6 Å². The van der Waals surface area contributed by atoms with Crippen LogP contribution in [-0.2, 0) is 16.6 Å². The maximum Gasteiger partial charge on any atom is 0.265 e. The average molecular weight is 365 g/mol. The van der Waals surface area contributed by atoms with Gasteiger partial charge in [-0.15, -0.1) is 11.3 Å². The first-order valence-electron chi connectivity index (χ1n) is 4.99. The summed E-state index contributed by atoms with van der Waals surface area (Å²) in [5.74, 6) is 0.0343. The maximum atomic E-state index is 12.1. The fourth-order valence-electron chi connectivity index (χ4n) is 1.28. The Balaban J connectivity index is 2.34. The molecule has 10 heteroatoms. The Hall–Kier alpha value is -1.23. The largest absolute Gasteiger partial charge is 0.326 e. The SMILES string of the molecule is NCc1cc(S(=O)(=O)Nc2ccc(=O)[nH]n2)c(Br)s1. The zero-order chi connectivity index (χ0) is 14.0.